The summed E-state index contributed by atoms with van der Waals surface area (Å²) >= 11 is 10.4. The van der Waals surface area contributed by atoms with Gasteiger partial charge in [-0.05, 0) is 86.3 Å². The minimum Gasteiger partial charge on any atom is -0.481 e. The molecule has 0 aliphatic rings. The summed E-state index contributed by atoms with van der Waals surface area (Å²) in [5.74, 6) is 0.841. The van der Waals surface area contributed by atoms with Crippen molar-refractivity contribution in [3.8, 4) is 5.75 Å². The zero-order chi connectivity index (χ0) is 26.5. The van der Waals surface area contributed by atoms with E-state index in [1.807, 2.05) is 44.2 Å². The van der Waals surface area contributed by atoms with Gasteiger partial charge >= 0.3 is 0 Å². The Morgan fingerprint density at radius 3 is 2.49 bits per heavy atom. The van der Waals surface area contributed by atoms with Crippen LogP contribution in [-0.4, -0.2) is 28.4 Å². The van der Waals surface area contributed by atoms with Crippen LogP contribution in [0.5, 0.6) is 5.75 Å². The number of nitrogens with one attached hydrogen (secondary N) is 1. The van der Waals surface area contributed by atoms with Crippen LogP contribution in [0.25, 0.3) is 10.9 Å². The molecule has 1 aromatic heterocycles. The van der Waals surface area contributed by atoms with Crippen molar-refractivity contribution in [3.63, 3.8) is 0 Å². The summed E-state index contributed by atoms with van der Waals surface area (Å²) in [5, 5.41) is 7.78. The molecule has 37 heavy (non-hydrogen) atoms. The highest BCUT2D eigenvalue weighted by Crippen LogP contribution is 2.34. The van der Waals surface area contributed by atoms with Crippen molar-refractivity contribution in [2.75, 3.05) is 11.9 Å². The SMILES string of the molecule is CC[C@H](C)c1nc2ccc(Br)cc2c(=O)n1N=Cc1cc(Br)c(OCC(=O)Nc2ccccc2)c(Br)c1. The van der Waals surface area contributed by atoms with Crippen LogP contribution < -0.4 is 15.6 Å². The van der Waals surface area contributed by atoms with Gasteiger partial charge in [-0.3, -0.25) is 9.59 Å². The number of halogens is 3. The van der Waals surface area contributed by atoms with E-state index in [9.17, 15) is 9.59 Å². The van der Waals surface area contributed by atoms with Gasteiger partial charge in [0.05, 0.1) is 26.1 Å². The summed E-state index contributed by atoms with van der Waals surface area (Å²) in [6, 6.07) is 18.2. The first-order valence-electron chi connectivity index (χ1n) is 11.5. The van der Waals surface area contributed by atoms with Crippen molar-refractivity contribution >= 4 is 76.5 Å². The number of fused-ring (bicyclic) bond motifs is 1. The average Bonchev–Trinajstić information content (AvgIpc) is 2.88. The number of amides is 1. The molecule has 190 valence electrons. The van der Waals surface area contributed by atoms with Crippen molar-refractivity contribution < 1.29 is 9.53 Å². The van der Waals surface area contributed by atoms with E-state index < -0.39 is 0 Å². The number of aromatic nitrogens is 2. The van der Waals surface area contributed by atoms with Gasteiger partial charge in [-0.2, -0.15) is 9.78 Å². The Kier molecular flexibility index (Phi) is 8.94. The summed E-state index contributed by atoms with van der Waals surface area (Å²) in [5.41, 5.74) is 1.82. The second-order valence-corrected chi connectivity index (χ2v) is 10.9. The van der Waals surface area contributed by atoms with Crippen LogP contribution in [0.2, 0.25) is 0 Å². The van der Waals surface area contributed by atoms with Gasteiger partial charge < -0.3 is 10.1 Å². The highest BCUT2D eigenvalue weighted by Gasteiger charge is 2.16. The normalized spacial score (nSPS) is 12.1. The molecule has 7 nitrogen and oxygen atoms in total. The van der Waals surface area contributed by atoms with Gasteiger partial charge in [0, 0.05) is 16.1 Å². The van der Waals surface area contributed by atoms with Gasteiger partial charge in [0.25, 0.3) is 11.5 Å². The molecular weight excluding hydrogens is 668 g/mol. The van der Waals surface area contributed by atoms with E-state index in [0.717, 1.165) is 16.5 Å². The maximum absolute atomic E-state index is 13.3. The summed E-state index contributed by atoms with van der Waals surface area (Å²) < 4.78 is 9.17. The zero-order valence-electron chi connectivity index (χ0n) is 20.0. The van der Waals surface area contributed by atoms with Crippen LogP contribution in [0.4, 0.5) is 5.69 Å². The van der Waals surface area contributed by atoms with Crippen LogP contribution in [-0.2, 0) is 4.79 Å². The molecule has 1 N–H and O–H groups in total. The number of para-hydroxylation sites is 1. The smallest absolute Gasteiger partial charge is 0.282 e. The van der Waals surface area contributed by atoms with Gasteiger partial charge in [-0.1, -0.05) is 48.0 Å². The minimum absolute atomic E-state index is 0.0363. The quantitative estimate of drug-likeness (QED) is 0.200. The predicted octanol–water partition coefficient (Wildman–Crippen LogP) is 7.10. The summed E-state index contributed by atoms with van der Waals surface area (Å²) in [7, 11) is 0. The fourth-order valence-corrected chi connectivity index (χ4v) is 5.36. The first-order chi connectivity index (χ1) is 17.8. The monoisotopic (exact) mass is 688 g/mol. The fraction of sp³-hybridized carbons (Fsp3) is 0.185. The average molecular weight is 691 g/mol. The maximum atomic E-state index is 13.3. The van der Waals surface area contributed by atoms with Crippen LogP contribution in [0, 0.1) is 0 Å². The van der Waals surface area contributed by atoms with Gasteiger partial charge in [-0.15, -0.1) is 0 Å². The molecule has 0 radical (unpaired) electrons. The van der Waals surface area contributed by atoms with Crippen molar-refractivity contribution in [1.29, 1.82) is 0 Å². The number of rotatable bonds is 8. The standard InChI is InChI=1S/C27H23Br3N4O3/c1-3-16(2)26-33-23-10-9-18(28)13-20(23)27(36)34(26)31-14-17-11-21(29)25(22(30)12-17)37-15-24(35)32-19-7-5-4-6-8-19/h4-14,16H,3,15H2,1-2H3,(H,32,35)/t16-/m0/s1. The number of nitrogens with zero attached hydrogens (tertiary/aromatic N) is 3. The van der Waals surface area contributed by atoms with E-state index in [1.165, 1.54) is 4.68 Å². The first kappa shape index (κ1) is 27.2. The Labute approximate surface area is 239 Å². The lowest BCUT2D eigenvalue weighted by Crippen LogP contribution is -2.23. The molecule has 0 aliphatic carbocycles. The molecular formula is C27H23Br3N4O3. The molecule has 0 unspecified atom stereocenters. The molecule has 1 atom stereocenters. The number of hydrogen-bond donors (Lipinski definition) is 1. The molecule has 3 aromatic carbocycles. The van der Waals surface area contributed by atoms with Crippen LogP contribution in [0.15, 0.2) is 84.0 Å². The Hall–Kier alpha value is -2.82. The molecule has 4 rings (SSSR count). The number of hydrogen-bond acceptors (Lipinski definition) is 5. The lowest BCUT2D eigenvalue weighted by atomic mass is 10.1. The lowest BCUT2D eigenvalue weighted by Gasteiger charge is -2.14. The van der Waals surface area contributed by atoms with E-state index in [-0.39, 0.29) is 24.0 Å². The molecule has 0 aliphatic heterocycles. The van der Waals surface area contributed by atoms with E-state index in [0.29, 0.717) is 37.1 Å². The van der Waals surface area contributed by atoms with E-state index in [2.05, 4.69) is 58.2 Å². The number of benzene rings is 3. The predicted molar refractivity (Wildman–Crippen MR) is 158 cm³/mol. The third-order valence-corrected chi connectivity index (χ3v) is 7.31. The Morgan fingerprint density at radius 2 is 1.81 bits per heavy atom. The van der Waals surface area contributed by atoms with E-state index in [4.69, 9.17) is 9.72 Å². The molecule has 1 amide bonds. The van der Waals surface area contributed by atoms with Gasteiger partial charge in [0.2, 0.25) is 0 Å². The van der Waals surface area contributed by atoms with Gasteiger partial charge in [-0.25, -0.2) is 4.98 Å². The van der Waals surface area contributed by atoms with Crippen molar-refractivity contribution in [1.82, 2.24) is 9.66 Å². The summed E-state index contributed by atoms with van der Waals surface area (Å²) in [4.78, 5) is 30.3. The Morgan fingerprint density at radius 1 is 1.11 bits per heavy atom. The maximum Gasteiger partial charge on any atom is 0.282 e. The highest BCUT2D eigenvalue weighted by atomic mass is 79.9. The second-order valence-electron chi connectivity index (χ2n) is 8.32. The number of ether oxygens (including phenoxy) is 1. The number of anilines is 1. The Balaban J connectivity index is 1.58. The molecule has 0 spiro atoms. The molecule has 0 saturated carbocycles. The lowest BCUT2D eigenvalue weighted by molar-refractivity contribution is -0.118. The van der Waals surface area contributed by atoms with Crippen LogP contribution in [0.1, 0.15) is 37.6 Å². The molecule has 0 saturated heterocycles. The van der Waals surface area contributed by atoms with Gasteiger partial charge in [0.15, 0.2) is 6.61 Å². The molecule has 4 aromatic rings. The largest absolute Gasteiger partial charge is 0.481 e. The third-order valence-electron chi connectivity index (χ3n) is 5.63. The first-order valence-corrected chi connectivity index (χ1v) is 13.9. The van der Waals surface area contributed by atoms with Gasteiger partial charge in [0.1, 0.15) is 11.6 Å². The van der Waals surface area contributed by atoms with Crippen molar-refractivity contribution in [2.24, 2.45) is 5.10 Å². The van der Waals surface area contributed by atoms with Crippen LogP contribution in [0.3, 0.4) is 0 Å². The van der Waals surface area contributed by atoms with E-state index >= 15 is 0 Å². The molecule has 0 bridgehead atoms. The minimum atomic E-state index is -0.275. The van der Waals surface area contributed by atoms with Crippen molar-refractivity contribution in [3.05, 3.63) is 95.8 Å². The summed E-state index contributed by atoms with van der Waals surface area (Å²) in [6.07, 6.45) is 2.41. The highest BCUT2D eigenvalue weighted by molar-refractivity contribution is 9.11. The molecule has 1 heterocycles. The van der Waals surface area contributed by atoms with E-state index in [1.54, 1.807) is 36.5 Å². The fourth-order valence-electron chi connectivity index (χ4n) is 3.55. The molecule has 0 fully saturated rings. The zero-order valence-corrected chi connectivity index (χ0v) is 24.8. The number of carbonyl (C=O) groups excluding carboxylic acids is 1. The summed E-state index contributed by atoms with van der Waals surface area (Å²) in [6.45, 7) is 3.90. The van der Waals surface area contributed by atoms with Crippen molar-refractivity contribution in [2.45, 2.75) is 26.2 Å². The third kappa shape index (κ3) is 6.55. The number of carbonyl (C=O) groups is 1. The molecule has 10 heteroatoms. The Bertz CT molecular complexity index is 1510. The second kappa shape index (κ2) is 12.1. The van der Waals surface area contributed by atoms with Crippen LogP contribution >= 0.6 is 47.8 Å². The topological polar surface area (TPSA) is 85.6 Å².